The number of Topliss-reactive ketones (excluding diaryl/α,β-unsaturated/α-hetero) is 1. The molecule has 2 unspecified atom stereocenters. The zero-order valence-electron chi connectivity index (χ0n) is 5.82. The first-order valence-electron chi connectivity index (χ1n) is 3.44. The summed E-state index contributed by atoms with van der Waals surface area (Å²) in [6.07, 6.45) is 0.721. The van der Waals surface area contributed by atoms with E-state index in [0.717, 1.165) is 0 Å². The third-order valence-electron chi connectivity index (χ3n) is 1.80. The highest BCUT2D eigenvalue weighted by Crippen LogP contribution is 2.22. The van der Waals surface area contributed by atoms with Crippen LogP contribution in [0.25, 0.3) is 0 Å². The maximum Gasteiger partial charge on any atom is 0.223 e. The third kappa shape index (κ3) is 0.994. The van der Waals surface area contributed by atoms with Crippen LogP contribution in [0.4, 0.5) is 0 Å². The van der Waals surface area contributed by atoms with Crippen LogP contribution in [0.2, 0.25) is 0 Å². The van der Waals surface area contributed by atoms with Crippen molar-refractivity contribution in [1.29, 1.82) is 0 Å². The summed E-state index contributed by atoms with van der Waals surface area (Å²) in [5, 5.41) is 8.72. The van der Waals surface area contributed by atoms with Crippen molar-refractivity contribution in [3.05, 3.63) is 11.6 Å². The van der Waals surface area contributed by atoms with Crippen molar-refractivity contribution in [3.63, 3.8) is 0 Å². The van der Waals surface area contributed by atoms with Gasteiger partial charge in [0.1, 0.15) is 6.10 Å². The monoisotopic (exact) mass is 156 g/mol. The minimum absolute atomic E-state index is 0.139. The Kier molecular flexibility index (Phi) is 1.52. The Balaban J connectivity index is 2.27. The van der Waals surface area contributed by atoms with Crippen LogP contribution < -0.4 is 0 Å². The zero-order chi connectivity index (χ0) is 7.84. The van der Waals surface area contributed by atoms with E-state index in [1.54, 1.807) is 6.08 Å². The molecule has 2 rings (SSSR count). The summed E-state index contributed by atoms with van der Waals surface area (Å²) >= 11 is 0. The predicted octanol–water partition coefficient (Wildman–Crippen LogP) is -0.771. The number of carbonyl (C=O) groups excluding carboxylic acids is 1. The highest BCUT2D eigenvalue weighted by Gasteiger charge is 2.36. The SMILES string of the molecule is O=C1C(CO)=CC2COC1O2. The van der Waals surface area contributed by atoms with Crippen molar-refractivity contribution < 1.29 is 19.4 Å². The highest BCUT2D eigenvalue weighted by molar-refractivity contribution is 5.99. The standard InChI is InChI=1S/C7H8O4/c8-2-4-1-5-3-10-7(11-5)6(4)9/h1,5,7-8H,2-3H2. The molecule has 2 bridgehead atoms. The van der Waals surface area contributed by atoms with Crippen LogP contribution in [0.15, 0.2) is 11.6 Å². The maximum absolute atomic E-state index is 11.1. The molecule has 2 heterocycles. The van der Waals surface area contributed by atoms with Gasteiger partial charge in [-0.15, -0.1) is 0 Å². The van der Waals surface area contributed by atoms with E-state index in [1.165, 1.54) is 0 Å². The molecule has 1 fully saturated rings. The van der Waals surface area contributed by atoms with Crippen LogP contribution >= 0.6 is 0 Å². The average Bonchev–Trinajstić information content (AvgIpc) is 2.42. The van der Waals surface area contributed by atoms with Crippen molar-refractivity contribution in [2.24, 2.45) is 0 Å². The van der Waals surface area contributed by atoms with E-state index in [2.05, 4.69) is 0 Å². The Hall–Kier alpha value is -0.710. The summed E-state index contributed by atoms with van der Waals surface area (Å²) in [6, 6.07) is 0. The average molecular weight is 156 g/mol. The van der Waals surface area contributed by atoms with Crippen molar-refractivity contribution in [2.45, 2.75) is 12.4 Å². The number of rotatable bonds is 1. The lowest BCUT2D eigenvalue weighted by atomic mass is 10.1. The van der Waals surface area contributed by atoms with Gasteiger partial charge in [0, 0.05) is 5.57 Å². The topological polar surface area (TPSA) is 55.8 Å². The van der Waals surface area contributed by atoms with E-state index in [-0.39, 0.29) is 18.5 Å². The molecule has 0 amide bonds. The van der Waals surface area contributed by atoms with Crippen LogP contribution in [-0.4, -0.2) is 36.5 Å². The second kappa shape index (κ2) is 2.41. The third-order valence-corrected chi connectivity index (χ3v) is 1.80. The Morgan fingerprint density at radius 1 is 1.73 bits per heavy atom. The van der Waals surface area contributed by atoms with Crippen LogP contribution in [0.1, 0.15) is 0 Å². The number of aliphatic hydroxyl groups excluding tert-OH is 1. The van der Waals surface area contributed by atoms with Crippen molar-refractivity contribution in [3.8, 4) is 0 Å². The van der Waals surface area contributed by atoms with Crippen LogP contribution in [0.3, 0.4) is 0 Å². The summed E-state index contributed by atoms with van der Waals surface area (Å²) in [4.78, 5) is 11.1. The van der Waals surface area contributed by atoms with Crippen molar-refractivity contribution in [2.75, 3.05) is 13.2 Å². The van der Waals surface area contributed by atoms with E-state index < -0.39 is 6.29 Å². The molecule has 0 spiro atoms. The summed E-state index contributed by atoms with van der Waals surface area (Å²) < 4.78 is 10.1. The molecule has 1 N–H and O–H groups in total. The molecule has 0 saturated carbocycles. The van der Waals surface area contributed by atoms with Gasteiger partial charge in [0.25, 0.3) is 0 Å². The van der Waals surface area contributed by atoms with Gasteiger partial charge in [-0.05, 0) is 6.08 Å². The van der Waals surface area contributed by atoms with Gasteiger partial charge in [0.2, 0.25) is 12.1 Å². The Labute approximate surface area is 63.4 Å². The largest absolute Gasteiger partial charge is 0.392 e. The molecule has 1 saturated heterocycles. The smallest absolute Gasteiger partial charge is 0.223 e. The number of ketones is 1. The maximum atomic E-state index is 11.1. The molecule has 2 atom stereocenters. The zero-order valence-corrected chi connectivity index (χ0v) is 5.82. The second-order valence-corrected chi connectivity index (χ2v) is 2.55. The van der Waals surface area contributed by atoms with Gasteiger partial charge in [-0.2, -0.15) is 0 Å². The number of carbonyl (C=O) groups is 1. The van der Waals surface area contributed by atoms with E-state index >= 15 is 0 Å². The number of hydrogen-bond donors (Lipinski definition) is 1. The van der Waals surface area contributed by atoms with E-state index in [9.17, 15) is 4.79 Å². The van der Waals surface area contributed by atoms with Gasteiger partial charge >= 0.3 is 0 Å². The Morgan fingerprint density at radius 3 is 3.27 bits per heavy atom. The van der Waals surface area contributed by atoms with E-state index in [0.29, 0.717) is 12.2 Å². The normalized spacial score (nSPS) is 35.7. The van der Waals surface area contributed by atoms with Gasteiger partial charge in [-0.3, -0.25) is 4.79 Å². The van der Waals surface area contributed by atoms with Gasteiger partial charge < -0.3 is 14.6 Å². The predicted molar refractivity (Wildman–Crippen MR) is 34.8 cm³/mol. The van der Waals surface area contributed by atoms with Crippen LogP contribution in [0, 0.1) is 0 Å². The molecular formula is C7H8O4. The molecule has 4 heteroatoms. The Bertz CT molecular complexity index is 220. The number of ether oxygens (including phenoxy) is 2. The number of fused-ring (bicyclic) bond motifs is 2. The Morgan fingerprint density at radius 2 is 2.55 bits per heavy atom. The lowest BCUT2D eigenvalue weighted by molar-refractivity contribution is -0.143. The second-order valence-electron chi connectivity index (χ2n) is 2.55. The molecule has 0 radical (unpaired) electrons. The van der Waals surface area contributed by atoms with Crippen molar-refractivity contribution >= 4 is 5.78 Å². The summed E-state index contributed by atoms with van der Waals surface area (Å²) in [6.45, 7) is 0.193. The molecule has 4 nitrogen and oxygen atoms in total. The van der Waals surface area contributed by atoms with Gasteiger partial charge in [-0.25, -0.2) is 0 Å². The summed E-state index contributed by atoms with van der Waals surface area (Å²) in [5.74, 6) is -0.249. The highest BCUT2D eigenvalue weighted by atomic mass is 16.7. The lowest BCUT2D eigenvalue weighted by Crippen LogP contribution is -2.29. The quantitative estimate of drug-likeness (QED) is 0.541. The first-order valence-corrected chi connectivity index (χ1v) is 3.44. The first-order chi connectivity index (χ1) is 5.31. The molecule has 0 aliphatic carbocycles. The number of aliphatic hydroxyl groups is 1. The molecule has 2 aliphatic rings. The van der Waals surface area contributed by atoms with E-state index in [1.807, 2.05) is 0 Å². The molecule has 11 heavy (non-hydrogen) atoms. The van der Waals surface area contributed by atoms with Gasteiger partial charge in [-0.1, -0.05) is 0 Å². The minimum Gasteiger partial charge on any atom is -0.392 e. The molecule has 0 aromatic carbocycles. The van der Waals surface area contributed by atoms with Gasteiger partial charge in [0.15, 0.2) is 0 Å². The minimum atomic E-state index is -0.757. The van der Waals surface area contributed by atoms with Crippen LogP contribution in [0.5, 0.6) is 0 Å². The molecule has 2 aliphatic heterocycles. The summed E-state index contributed by atoms with van der Waals surface area (Å²) in [5.41, 5.74) is 0.406. The van der Waals surface area contributed by atoms with Crippen molar-refractivity contribution in [1.82, 2.24) is 0 Å². The fraction of sp³-hybridized carbons (Fsp3) is 0.571. The fourth-order valence-corrected chi connectivity index (χ4v) is 1.23. The lowest BCUT2D eigenvalue weighted by Gasteiger charge is -2.15. The summed E-state index contributed by atoms with van der Waals surface area (Å²) in [7, 11) is 0. The van der Waals surface area contributed by atoms with E-state index in [4.69, 9.17) is 14.6 Å². The van der Waals surface area contributed by atoms with Gasteiger partial charge in [0.05, 0.1) is 13.2 Å². The molecule has 60 valence electrons. The molecule has 0 aromatic heterocycles. The first kappa shape index (κ1) is 6.97. The molecular weight excluding hydrogens is 148 g/mol. The number of hydrogen-bond acceptors (Lipinski definition) is 4. The molecule has 0 aromatic rings. The fourth-order valence-electron chi connectivity index (χ4n) is 1.23. The van der Waals surface area contributed by atoms with Crippen LogP contribution in [-0.2, 0) is 14.3 Å².